The molecule has 1 heterocycles. The van der Waals surface area contributed by atoms with Gasteiger partial charge in [-0.1, -0.05) is 11.2 Å². The van der Waals surface area contributed by atoms with Crippen LogP contribution in [-0.2, 0) is 11.2 Å². The van der Waals surface area contributed by atoms with E-state index < -0.39 is 0 Å². The summed E-state index contributed by atoms with van der Waals surface area (Å²) >= 11 is 0. The van der Waals surface area contributed by atoms with E-state index in [1.54, 1.807) is 19.3 Å². The van der Waals surface area contributed by atoms with E-state index in [1.807, 2.05) is 24.3 Å². The molecule has 1 aromatic carbocycles. The Hall–Kier alpha value is -2.56. The van der Waals surface area contributed by atoms with Gasteiger partial charge in [-0.05, 0) is 24.3 Å². The number of methoxy groups -OCH3 is 1. The SMILES string of the molecule is C=CCNC(=O)Cc1cc(-c2ccc(OC)cc2)on1. The van der Waals surface area contributed by atoms with Crippen LogP contribution in [0.3, 0.4) is 0 Å². The molecule has 0 bridgehead atoms. The number of hydrogen-bond donors (Lipinski definition) is 1. The van der Waals surface area contributed by atoms with Crippen LogP contribution in [-0.4, -0.2) is 24.7 Å². The highest BCUT2D eigenvalue weighted by Gasteiger charge is 2.10. The summed E-state index contributed by atoms with van der Waals surface area (Å²) < 4.78 is 10.3. The molecule has 20 heavy (non-hydrogen) atoms. The molecule has 0 aliphatic heterocycles. The van der Waals surface area contributed by atoms with Gasteiger partial charge in [-0.25, -0.2) is 0 Å². The molecule has 0 saturated heterocycles. The molecule has 1 N–H and O–H groups in total. The zero-order valence-electron chi connectivity index (χ0n) is 11.3. The molecule has 0 spiro atoms. The predicted octanol–water partition coefficient (Wildman–Crippen LogP) is 2.19. The molecule has 0 aliphatic rings. The Bertz CT molecular complexity index is 587. The van der Waals surface area contributed by atoms with E-state index in [0.717, 1.165) is 11.3 Å². The van der Waals surface area contributed by atoms with Gasteiger partial charge in [0.05, 0.1) is 19.2 Å². The Kier molecular flexibility index (Phi) is 4.55. The normalized spacial score (nSPS) is 10.1. The van der Waals surface area contributed by atoms with Crippen molar-refractivity contribution in [1.82, 2.24) is 10.5 Å². The predicted molar refractivity (Wildman–Crippen MR) is 75.4 cm³/mol. The van der Waals surface area contributed by atoms with E-state index in [-0.39, 0.29) is 12.3 Å². The number of carbonyl (C=O) groups excluding carboxylic acids is 1. The number of rotatable bonds is 6. The highest BCUT2D eigenvalue weighted by molar-refractivity contribution is 5.78. The second-order valence-electron chi connectivity index (χ2n) is 4.18. The highest BCUT2D eigenvalue weighted by atomic mass is 16.5. The van der Waals surface area contributed by atoms with Crippen LogP contribution in [0.4, 0.5) is 0 Å². The van der Waals surface area contributed by atoms with E-state index >= 15 is 0 Å². The zero-order chi connectivity index (χ0) is 14.4. The van der Waals surface area contributed by atoms with Gasteiger partial charge in [0, 0.05) is 18.2 Å². The molecule has 5 nitrogen and oxygen atoms in total. The second-order valence-corrected chi connectivity index (χ2v) is 4.18. The third-order valence-electron chi connectivity index (χ3n) is 2.72. The van der Waals surface area contributed by atoms with Crippen LogP contribution >= 0.6 is 0 Å². The van der Waals surface area contributed by atoms with Gasteiger partial charge >= 0.3 is 0 Å². The van der Waals surface area contributed by atoms with E-state index in [2.05, 4.69) is 17.1 Å². The summed E-state index contributed by atoms with van der Waals surface area (Å²) in [6.45, 7) is 3.98. The molecule has 0 saturated carbocycles. The lowest BCUT2D eigenvalue weighted by atomic mass is 10.1. The fraction of sp³-hybridized carbons (Fsp3) is 0.200. The van der Waals surface area contributed by atoms with E-state index in [0.29, 0.717) is 18.0 Å². The summed E-state index contributed by atoms with van der Waals surface area (Å²) in [5, 5.41) is 6.58. The molecule has 1 amide bonds. The van der Waals surface area contributed by atoms with Crippen LogP contribution in [0.2, 0.25) is 0 Å². The first-order chi connectivity index (χ1) is 9.72. The average Bonchev–Trinajstić information content (AvgIpc) is 2.93. The summed E-state index contributed by atoms with van der Waals surface area (Å²) in [7, 11) is 1.61. The van der Waals surface area contributed by atoms with Crippen molar-refractivity contribution in [2.24, 2.45) is 0 Å². The van der Waals surface area contributed by atoms with Crippen LogP contribution < -0.4 is 10.1 Å². The lowest BCUT2D eigenvalue weighted by Crippen LogP contribution is -2.24. The topological polar surface area (TPSA) is 64.4 Å². The first-order valence-electron chi connectivity index (χ1n) is 6.20. The van der Waals surface area contributed by atoms with Gasteiger partial charge in [0.15, 0.2) is 5.76 Å². The summed E-state index contributed by atoms with van der Waals surface area (Å²) in [4.78, 5) is 11.5. The first kappa shape index (κ1) is 13.9. The molecule has 0 radical (unpaired) electrons. The molecular formula is C15H16N2O3. The van der Waals surface area contributed by atoms with Gasteiger partial charge in [-0.3, -0.25) is 4.79 Å². The van der Waals surface area contributed by atoms with Crippen LogP contribution in [0.1, 0.15) is 5.69 Å². The quantitative estimate of drug-likeness (QED) is 0.819. The number of nitrogens with one attached hydrogen (secondary N) is 1. The second kappa shape index (κ2) is 6.56. The van der Waals surface area contributed by atoms with Crippen molar-refractivity contribution in [2.45, 2.75) is 6.42 Å². The van der Waals surface area contributed by atoms with E-state index in [9.17, 15) is 4.79 Å². The number of carbonyl (C=O) groups is 1. The van der Waals surface area contributed by atoms with Crippen molar-refractivity contribution < 1.29 is 14.1 Å². The third-order valence-corrected chi connectivity index (χ3v) is 2.72. The van der Waals surface area contributed by atoms with Crippen LogP contribution in [0.15, 0.2) is 47.5 Å². The van der Waals surface area contributed by atoms with Crippen LogP contribution in [0.25, 0.3) is 11.3 Å². The molecule has 104 valence electrons. The Morgan fingerprint density at radius 3 is 2.85 bits per heavy atom. The minimum atomic E-state index is -0.112. The number of hydrogen-bond acceptors (Lipinski definition) is 4. The van der Waals surface area contributed by atoms with Crippen molar-refractivity contribution in [3.05, 3.63) is 48.7 Å². The lowest BCUT2D eigenvalue weighted by molar-refractivity contribution is -0.120. The van der Waals surface area contributed by atoms with Crippen molar-refractivity contribution >= 4 is 5.91 Å². The summed E-state index contributed by atoms with van der Waals surface area (Å²) in [5.74, 6) is 1.29. The highest BCUT2D eigenvalue weighted by Crippen LogP contribution is 2.23. The molecule has 0 fully saturated rings. The minimum absolute atomic E-state index is 0.112. The Morgan fingerprint density at radius 2 is 2.20 bits per heavy atom. The summed E-state index contributed by atoms with van der Waals surface area (Å²) in [6, 6.07) is 9.19. The maximum absolute atomic E-state index is 11.5. The largest absolute Gasteiger partial charge is 0.497 e. The van der Waals surface area contributed by atoms with Gasteiger partial charge in [0.2, 0.25) is 5.91 Å². The van der Waals surface area contributed by atoms with Crippen molar-refractivity contribution in [3.8, 4) is 17.1 Å². The summed E-state index contributed by atoms with van der Waals surface area (Å²) in [5.41, 5.74) is 1.48. The smallest absolute Gasteiger partial charge is 0.226 e. The van der Waals surface area contributed by atoms with Gasteiger partial charge in [0.1, 0.15) is 5.75 Å². The van der Waals surface area contributed by atoms with Crippen molar-refractivity contribution in [2.75, 3.05) is 13.7 Å². The summed E-state index contributed by atoms with van der Waals surface area (Å²) in [6.07, 6.45) is 1.82. The molecule has 5 heteroatoms. The number of ether oxygens (including phenoxy) is 1. The van der Waals surface area contributed by atoms with Crippen molar-refractivity contribution in [1.29, 1.82) is 0 Å². The molecule has 0 aliphatic carbocycles. The molecule has 0 atom stereocenters. The van der Waals surface area contributed by atoms with Gasteiger partial charge < -0.3 is 14.6 Å². The number of aromatic nitrogens is 1. The molecular weight excluding hydrogens is 256 g/mol. The maximum atomic E-state index is 11.5. The number of benzene rings is 1. The Morgan fingerprint density at radius 1 is 1.45 bits per heavy atom. The first-order valence-corrected chi connectivity index (χ1v) is 6.20. The Labute approximate surface area is 117 Å². The standard InChI is InChI=1S/C15H16N2O3/c1-3-8-16-15(18)10-12-9-14(20-17-12)11-4-6-13(19-2)7-5-11/h3-7,9H,1,8,10H2,2H3,(H,16,18). The van der Waals surface area contributed by atoms with E-state index in [4.69, 9.17) is 9.26 Å². The monoisotopic (exact) mass is 272 g/mol. The Balaban J connectivity index is 2.04. The molecule has 0 unspecified atom stereocenters. The fourth-order valence-electron chi connectivity index (χ4n) is 1.70. The van der Waals surface area contributed by atoms with Gasteiger partial charge in [-0.15, -0.1) is 6.58 Å². The third kappa shape index (κ3) is 3.47. The molecule has 1 aromatic heterocycles. The average molecular weight is 272 g/mol. The van der Waals surface area contributed by atoms with Gasteiger partial charge in [0.25, 0.3) is 0 Å². The van der Waals surface area contributed by atoms with Crippen LogP contribution in [0, 0.1) is 0 Å². The maximum Gasteiger partial charge on any atom is 0.226 e. The fourth-order valence-corrected chi connectivity index (χ4v) is 1.70. The molecule has 2 rings (SSSR count). The van der Waals surface area contributed by atoms with Gasteiger partial charge in [-0.2, -0.15) is 0 Å². The van der Waals surface area contributed by atoms with Crippen LogP contribution in [0.5, 0.6) is 5.75 Å². The molecule has 2 aromatic rings. The lowest BCUT2D eigenvalue weighted by Gasteiger charge is -1.99. The number of nitrogens with zero attached hydrogens (tertiary/aromatic N) is 1. The van der Waals surface area contributed by atoms with Crippen molar-refractivity contribution in [3.63, 3.8) is 0 Å². The van der Waals surface area contributed by atoms with E-state index in [1.165, 1.54) is 0 Å². The minimum Gasteiger partial charge on any atom is -0.497 e. The zero-order valence-corrected chi connectivity index (χ0v) is 11.3. The number of amides is 1.